The second-order valence-electron chi connectivity index (χ2n) is 2.63. The van der Waals surface area contributed by atoms with Crippen LogP contribution in [0, 0.1) is 0 Å². The van der Waals surface area contributed by atoms with Crippen LogP contribution >= 0.6 is 0 Å². The fourth-order valence-electron chi connectivity index (χ4n) is 0.896. The summed E-state index contributed by atoms with van der Waals surface area (Å²) in [6, 6.07) is 0. The van der Waals surface area contributed by atoms with E-state index in [1.54, 1.807) is 11.7 Å². The van der Waals surface area contributed by atoms with Gasteiger partial charge in [0, 0.05) is 26.2 Å². The van der Waals surface area contributed by atoms with E-state index >= 15 is 0 Å². The first-order valence-corrected chi connectivity index (χ1v) is 3.98. The van der Waals surface area contributed by atoms with Crippen molar-refractivity contribution in [1.82, 2.24) is 20.3 Å². The van der Waals surface area contributed by atoms with Gasteiger partial charge in [0.05, 0.1) is 5.69 Å². The number of hydrogen-bond donors (Lipinski definition) is 1. The Morgan fingerprint density at radius 1 is 1.85 bits per heavy atom. The monoisotopic (exact) mass is 180 g/mol. The topological polar surface area (TPSA) is 59.8 Å². The molecule has 1 aromatic rings. The second kappa shape index (κ2) is 4.39. The molecule has 0 unspecified atom stereocenters. The zero-order valence-corrected chi connectivity index (χ0v) is 7.53. The van der Waals surface area contributed by atoms with Gasteiger partial charge in [-0.2, -0.15) is 0 Å². The summed E-state index contributed by atoms with van der Waals surface area (Å²) in [4.78, 5) is 10.7. The third-order valence-corrected chi connectivity index (χ3v) is 1.52. The van der Waals surface area contributed by atoms with Crippen molar-refractivity contribution in [3.63, 3.8) is 0 Å². The third kappa shape index (κ3) is 3.06. The van der Waals surface area contributed by atoms with E-state index in [0.717, 1.165) is 5.69 Å². The van der Waals surface area contributed by atoms with Gasteiger partial charge < -0.3 is 5.32 Å². The quantitative estimate of drug-likeness (QED) is 0.645. The number of aromatic nitrogens is 3. The van der Waals surface area contributed by atoms with Gasteiger partial charge in [0.1, 0.15) is 0 Å². The van der Waals surface area contributed by atoms with Gasteiger partial charge in [-0.25, -0.2) is 0 Å². The van der Waals surface area contributed by atoms with Crippen molar-refractivity contribution in [3.8, 4) is 0 Å². The molecule has 0 bridgehead atoms. The smallest absolute Gasteiger partial charge is 0.243 e. The average Bonchev–Trinajstić information content (AvgIpc) is 2.51. The minimum atomic E-state index is -0.163. The van der Waals surface area contributed by atoms with Gasteiger partial charge in [-0.05, 0) is 6.08 Å². The second-order valence-corrected chi connectivity index (χ2v) is 2.63. The molecule has 70 valence electrons. The molecule has 1 heterocycles. The number of rotatable bonds is 4. The summed E-state index contributed by atoms with van der Waals surface area (Å²) in [6.07, 6.45) is 3.75. The van der Waals surface area contributed by atoms with Crippen molar-refractivity contribution in [2.45, 2.75) is 6.42 Å². The number of carbonyl (C=O) groups excluding carboxylic acids is 1. The summed E-state index contributed by atoms with van der Waals surface area (Å²) in [5, 5.41) is 10.3. The molecule has 0 spiro atoms. The first-order valence-electron chi connectivity index (χ1n) is 3.98. The summed E-state index contributed by atoms with van der Waals surface area (Å²) in [6.45, 7) is 3.91. The summed E-state index contributed by atoms with van der Waals surface area (Å²) in [5.41, 5.74) is 0.867. The fourth-order valence-corrected chi connectivity index (χ4v) is 0.896. The van der Waals surface area contributed by atoms with Crippen LogP contribution in [-0.2, 0) is 18.3 Å². The molecule has 0 aliphatic carbocycles. The molecule has 1 amide bonds. The normalized spacial score (nSPS) is 9.62. The SMILES string of the molecule is C=CC(=O)NCCc1cn(C)nn1. The molecule has 5 nitrogen and oxygen atoms in total. The molecule has 13 heavy (non-hydrogen) atoms. The highest BCUT2D eigenvalue weighted by Gasteiger charge is 1.98. The zero-order chi connectivity index (χ0) is 9.68. The maximum absolute atomic E-state index is 10.7. The van der Waals surface area contributed by atoms with Crippen molar-refractivity contribution >= 4 is 5.91 Å². The Kier molecular flexibility index (Phi) is 3.19. The molecule has 0 atom stereocenters. The van der Waals surface area contributed by atoms with Crippen molar-refractivity contribution in [1.29, 1.82) is 0 Å². The van der Waals surface area contributed by atoms with Gasteiger partial charge >= 0.3 is 0 Å². The molecule has 0 saturated carbocycles. The summed E-state index contributed by atoms with van der Waals surface area (Å²) in [5.74, 6) is -0.163. The lowest BCUT2D eigenvalue weighted by atomic mass is 10.3. The molecule has 0 aliphatic heterocycles. The highest BCUT2D eigenvalue weighted by Crippen LogP contribution is 1.90. The number of nitrogens with zero attached hydrogens (tertiary/aromatic N) is 3. The number of nitrogens with one attached hydrogen (secondary N) is 1. The summed E-state index contributed by atoms with van der Waals surface area (Å²) in [7, 11) is 1.80. The fraction of sp³-hybridized carbons (Fsp3) is 0.375. The predicted molar refractivity (Wildman–Crippen MR) is 47.9 cm³/mol. The molecule has 0 fully saturated rings. The molecule has 5 heteroatoms. The van der Waals surface area contributed by atoms with Gasteiger partial charge in [-0.1, -0.05) is 11.8 Å². The van der Waals surface area contributed by atoms with Crippen LogP contribution in [0.1, 0.15) is 5.69 Å². The predicted octanol–water partition coefficient (Wildman–Crippen LogP) is -0.340. The van der Waals surface area contributed by atoms with E-state index in [2.05, 4.69) is 22.2 Å². The van der Waals surface area contributed by atoms with Crippen LogP contribution in [-0.4, -0.2) is 27.4 Å². The van der Waals surface area contributed by atoms with Crippen molar-refractivity contribution in [2.24, 2.45) is 7.05 Å². The maximum Gasteiger partial charge on any atom is 0.243 e. The largest absolute Gasteiger partial charge is 0.352 e. The Morgan fingerprint density at radius 3 is 3.15 bits per heavy atom. The van der Waals surface area contributed by atoms with Crippen LogP contribution in [0.3, 0.4) is 0 Å². The molecule has 0 radical (unpaired) electrons. The average molecular weight is 180 g/mol. The number of amides is 1. The molecular formula is C8H12N4O. The highest BCUT2D eigenvalue weighted by atomic mass is 16.1. The lowest BCUT2D eigenvalue weighted by Gasteiger charge is -1.97. The lowest BCUT2D eigenvalue weighted by Crippen LogP contribution is -2.23. The molecule has 0 aliphatic rings. The van der Waals surface area contributed by atoms with Crippen molar-refractivity contribution in [3.05, 3.63) is 24.5 Å². The standard InChI is InChI=1S/C8H12N4O/c1-3-8(13)9-5-4-7-6-12(2)11-10-7/h3,6H,1,4-5H2,2H3,(H,9,13). The first kappa shape index (κ1) is 9.44. The molecule has 0 saturated heterocycles. The van der Waals surface area contributed by atoms with E-state index in [1.165, 1.54) is 6.08 Å². The van der Waals surface area contributed by atoms with E-state index in [-0.39, 0.29) is 5.91 Å². The van der Waals surface area contributed by atoms with E-state index in [9.17, 15) is 4.79 Å². The van der Waals surface area contributed by atoms with Crippen molar-refractivity contribution in [2.75, 3.05) is 6.54 Å². The first-order chi connectivity index (χ1) is 6.22. The van der Waals surface area contributed by atoms with Gasteiger partial charge in [0.15, 0.2) is 0 Å². The van der Waals surface area contributed by atoms with Crippen LogP contribution in [0.2, 0.25) is 0 Å². The molecule has 0 aromatic carbocycles. The highest BCUT2D eigenvalue weighted by molar-refractivity contribution is 5.86. The minimum absolute atomic E-state index is 0.163. The van der Waals surface area contributed by atoms with Crippen LogP contribution in [0.25, 0.3) is 0 Å². The zero-order valence-electron chi connectivity index (χ0n) is 7.53. The summed E-state index contributed by atoms with van der Waals surface area (Å²) >= 11 is 0. The third-order valence-electron chi connectivity index (χ3n) is 1.52. The van der Waals surface area contributed by atoms with Gasteiger partial charge in [0.25, 0.3) is 0 Å². The Hall–Kier alpha value is -1.65. The van der Waals surface area contributed by atoms with Crippen LogP contribution in [0.15, 0.2) is 18.9 Å². The van der Waals surface area contributed by atoms with Gasteiger partial charge in [-0.15, -0.1) is 5.10 Å². The molecule has 1 N–H and O–H groups in total. The van der Waals surface area contributed by atoms with E-state index < -0.39 is 0 Å². The molecular weight excluding hydrogens is 168 g/mol. The van der Waals surface area contributed by atoms with Gasteiger partial charge in [0.2, 0.25) is 5.91 Å². The Balaban J connectivity index is 2.27. The molecule has 1 aromatic heterocycles. The van der Waals surface area contributed by atoms with E-state index in [1.807, 2.05) is 6.20 Å². The Morgan fingerprint density at radius 2 is 2.62 bits per heavy atom. The van der Waals surface area contributed by atoms with Crippen molar-refractivity contribution < 1.29 is 4.79 Å². The maximum atomic E-state index is 10.7. The Labute approximate surface area is 76.4 Å². The summed E-state index contributed by atoms with van der Waals surface area (Å²) < 4.78 is 1.63. The number of aryl methyl sites for hydroxylation is 1. The van der Waals surface area contributed by atoms with E-state index in [4.69, 9.17) is 0 Å². The van der Waals surface area contributed by atoms with E-state index in [0.29, 0.717) is 13.0 Å². The van der Waals surface area contributed by atoms with Crippen LogP contribution in [0.5, 0.6) is 0 Å². The lowest BCUT2D eigenvalue weighted by molar-refractivity contribution is -0.116. The van der Waals surface area contributed by atoms with Crippen LogP contribution in [0.4, 0.5) is 0 Å². The van der Waals surface area contributed by atoms with Gasteiger partial charge in [-0.3, -0.25) is 9.48 Å². The number of carbonyl (C=O) groups is 1. The Bertz CT molecular complexity index is 305. The molecule has 1 rings (SSSR count). The minimum Gasteiger partial charge on any atom is -0.352 e. The van der Waals surface area contributed by atoms with Crippen LogP contribution < -0.4 is 5.32 Å². The number of hydrogen-bond acceptors (Lipinski definition) is 3.